The normalized spacial score (nSPS) is 17.2. The van der Waals surface area contributed by atoms with Crippen LogP contribution in [-0.4, -0.2) is 60.2 Å². The Hall–Kier alpha value is -1.92. The van der Waals surface area contributed by atoms with Gasteiger partial charge in [-0.05, 0) is 5.56 Å². The van der Waals surface area contributed by atoms with E-state index in [-0.39, 0.29) is 37.1 Å². The molecule has 7 heteroatoms. The number of hydrogen-bond acceptors (Lipinski definition) is 4. The molecule has 2 aliphatic heterocycles. The largest absolute Gasteiger partial charge is 0.340 e. The predicted molar refractivity (Wildman–Crippen MR) is 95.2 cm³/mol. The Bertz CT molecular complexity index is 600. The van der Waals surface area contributed by atoms with E-state index in [2.05, 4.69) is 10.4 Å². The zero-order valence-electron chi connectivity index (χ0n) is 13.6. The summed E-state index contributed by atoms with van der Waals surface area (Å²) in [5.74, 6) is -0.00859. The van der Waals surface area contributed by atoms with Gasteiger partial charge in [-0.15, -0.1) is 12.4 Å². The van der Waals surface area contributed by atoms with Crippen LogP contribution in [0.15, 0.2) is 35.4 Å². The Morgan fingerprint density at radius 3 is 2.38 bits per heavy atom. The summed E-state index contributed by atoms with van der Waals surface area (Å²) >= 11 is 0. The molecule has 130 valence electrons. The number of piperazine rings is 1. The zero-order chi connectivity index (χ0) is 16.1. The quantitative estimate of drug-likeness (QED) is 0.889. The van der Waals surface area contributed by atoms with Gasteiger partial charge in [-0.2, -0.15) is 5.10 Å². The lowest BCUT2D eigenvalue weighted by atomic mass is 10.1. The Morgan fingerprint density at radius 2 is 1.67 bits per heavy atom. The Kier molecular flexibility index (Phi) is 6.75. The summed E-state index contributed by atoms with van der Waals surface area (Å²) in [6, 6.07) is 9.90. The summed E-state index contributed by atoms with van der Waals surface area (Å²) < 4.78 is 0. The third kappa shape index (κ3) is 4.55. The highest BCUT2D eigenvalue weighted by Gasteiger charge is 2.23. The Labute approximate surface area is 148 Å². The van der Waals surface area contributed by atoms with E-state index in [1.807, 2.05) is 35.2 Å². The third-order valence-electron chi connectivity index (χ3n) is 4.22. The molecule has 1 fully saturated rings. The van der Waals surface area contributed by atoms with Crippen LogP contribution in [0.2, 0.25) is 0 Å². The van der Waals surface area contributed by atoms with Gasteiger partial charge in [-0.25, -0.2) is 5.01 Å². The molecule has 1 aromatic carbocycles. The van der Waals surface area contributed by atoms with Crippen molar-refractivity contribution in [1.82, 2.24) is 15.2 Å². The summed E-state index contributed by atoms with van der Waals surface area (Å²) in [6.07, 6.45) is 1.27. The minimum Gasteiger partial charge on any atom is -0.340 e. The number of carbonyl (C=O) groups is 2. The summed E-state index contributed by atoms with van der Waals surface area (Å²) in [5, 5.41) is 9.13. The second-order valence-corrected chi connectivity index (χ2v) is 5.81. The van der Waals surface area contributed by atoms with Crippen molar-refractivity contribution in [2.24, 2.45) is 5.10 Å². The van der Waals surface area contributed by atoms with Crippen LogP contribution in [0.25, 0.3) is 0 Å². The van der Waals surface area contributed by atoms with Gasteiger partial charge in [-0.3, -0.25) is 9.59 Å². The van der Waals surface area contributed by atoms with Gasteiger partial charge in [0.2, 0.25) is 11.8 Å². The van der Waals surface area contributed by atoms with Crippen LogP contribution in [-0.2, 0) is 9.59 Å². The number of amides is 2. The van der Waals surface area contributed by atoms with E-state index < -0.39 is 0 Å². The molecule has 0 unspecified atom stereocenters. The highest BCUT2D eigenvalue weighted by Crippen LogP contribution is 2.15. The van der Waals surface area contributed by atoms with Gasteiger partial charge in [0.15, 0.2) is 0 Å². The Morgan fingerprint density at radius 1 is 1.00 bits per heavy atom. The molecule has 1 N–H and O–H groups in total. The van der Waals surface area contributed by atoms with Gasteiger partial charge in [0.1, 0.15) is 0 Å². The average molecular weight is 351 g/mol. The molecule has 0 aliphatic carbocycles. The molecule has 0 spiro atoms. The van der Waals surface area contributed by atoms with Crippen molar-refractivity contribution in [3.8, 4) is 0 Å². The van der Waals surface area contributed by atoms with Crippen molar-refractivity contribution in [2.45, 2.75) is 19.3 Å². The van der Waals surface area contributed by atoms with Crippen molar-refractivity contribution in [2.75, 3.05) is 32.7 Å². The molecule has 1 saturated heterocycles. The van der Waals surface area contributed by atoms with Gasteiger partial charge in [0.05, 0.1) is 12.3 Å². The minimum atomic E-state index is -0.0700. The number of nitrogens with one attached hydrogen (secondary N) is 1. The Balaban J connectivity index is 0.00000208. The fourth-order valence-corrected chi connectivity index (χ4v) is 2.89. The molecule has 2 heterocycles. The van der Waals surface area contributed by atoms with E-state index >= 15 is 0 Å². The lowest BCUT2D eigenvalue weighted by molar-refractivity contribution is -0.137. The number of rotatable bonds is 4. The van der Waals surface area contributed by atoms with E-state index in [0.717, 1.165) is 43.9 Å². The van der Waals surface area contributed by atoms with Crippen molar-refractivity contribution in [3.63, 3.8) is 0 Å². The standard InChI is InChI=1S/C17H22N4O2.ClH/c22-16(20-12-9-18-10-13-20)6-7-17(23)21-11-8-15(19-21)14-4-2-1-3-5-14;/h1-5,18H,6-13H2;1H. The van der Waals surface area contributed by atoms with Crippen LogP contribution in [0.5, 0.6) is 0 Å². The summed E-state index contributed by atoms with van der Waals surface area (Å²) in [7, 11) is 0. The second kappa shape index (κ2) is 8.80. The number of nitrogens with zero attached hydrogens (tertiary/aromatic N) is 3. The first-order valence-corrected chi connectivity index (χ1v) is 8.16. The maximum absolute atomic E-state index is 12.2. The lowest BCUT2D eigenvalue weighted by Gasteiger charge is -2.27. The van der Waals surface area contributed by atoms with E-state index in [9.17, 15) is 9.59 Å². The average Bonchev–Trinajstić information content (AvgIpc) is 3.11. The van der Waals surface area contributed by atoms with Crippen molar-refractivity contribution >= 4 is 29.9 Å². The van der Waals surface area contributed by atoms with Crippen molar-refractivity contribution < 1.29 is 9.59 Å². The molecule has 3 rings (SSSR count). The fraction of sp³-hybridized carbons (Fsp3) is 0.471. The van der Waals surface area contributed by atoms with Crippen LogP contribution < -0.4 is 5.32 Å². The first-order valence-electron chi connectivity index (χ1n) is 8.16. The molecule has 1 aromatic rings. The highest BCUT2D eigenvalue weighted by atomic mass is 35.5. The minimum absolute atomic E-state index is 0. The van der Waals surface area contributed by atoms with E-state index in [4.69, 9.17) is 0 Å². The van der Waals surface area contributed by atoms with E-state index in [1.54, 1.807) is 0 Å². The lowest BCUT2D eigenvalue weighted by Crippen LogP contribution is -2.46. The molecule has 0 bridgehead atoms. The molecular weight excluding hydrogens is 328 g/mol. The fourth-order valence-electron chi connectivity index (χ4n) is 2.89. The monoisotopic (exact) mass is 350 g/mol. The molecule has 0 aromatic heterocycles. The van der Waals surface area contributed by atoms with Crippen LogP contribution in [0.4, 0.5) is 0 Å². The van der Waals surface area contributed by atoms with Crippen molar-refractivity contribution in [1.29, 1.82) is 0 Å². The number of hydrogen-bond donors (Lipinski definition) is 1. The maximum Gasteiger partial charge on any atom is 0.243 e. The van der Waals surface area contributed by atoms with Crippen molar-refractivity contribution in [3.05, 3.63) is 35.9 Å². The van der Waals surface area contributed by atoms with Gasteiger partial charge in [0.25, 0.3) is 0 Å². The topological polar surface area (TPSA) is 65.0 Å². The molecule has 2 amide bonds. The third-order valence-corrected chi connectivity index (χ3v) is 4.22. The summed E-state index contributed by atoms with van der Waals surface area (Å²) in [5.41, 5.74) is 1.99. The number of hydrazone groups is 1. The van der Waals surface area contributed by atoms with Gasteiger partial charge >= 0.3 is 0 Å². The van der Waals surface area contributed by atoms with Crippen LogP contribution in [0, 0.1) is 0 Å². The van der Waals surface area contributed by atoms with Gasteiger partial charge < -0.3 is 10.2 Å². The van der Waals surface area contributed by atoms with Crippen LogP contribution >= 0.6 is 12.4 Å². The van der Waals surface area contributed by atoms with E-state index in [0.29, 0.717) is 6.54 Å². The first-order chi connectivity index (χ1) is 11.2. The number of halogens is 1. The van der Waals surface area contributed by atoms with Gasteiger partial charge in [-0.1, -0.05) is 30.3 Å². The van der Waals surface area contributed by atoms with Gasteiger partial charge in [0, 0.05) is 45.4 Å². The summed E-state index contributed by atoms with van der Waals surface area (Å²) in [4.78, 5) is 26.2. The first kappa shape index (κ1) is 18.4. The molecule has 24 heavy (non-hydrogen) atoms. The smallest absolute Gasteiger partial charge is 0.243 e. The zero-order valence-corrected chi connectivity index (χ0v) is 14.4. The maximum atomic E-state index is 12.2. The molecule has 0 saturated carbocycles. The van der Waals surface area contributed by atoms with Crippen LogP contribution in [0.1, 0.15) is 24.8 Å². The molecular formula is C17H23ClN4O2. The molecule has 0 atom stereocenters. The second-order valence-electron chi connectivity index (χ2n) is 5.81. The summed E-state index contributed by atoms with van der Waals surface area (Å²) in [6.45, 7) is 3.72. The molecule has 6 nitrogen and oxygen atoms in total. The number of carbonyl (C=O) groups excluding carboxylic acids is 2. The predicted octanol–water partition coefficient (Wildman–Crippen LogP) is 1.26. The highest BCUT2D eigenvalue weighted by molar-refractivity contribution is 6.02. The van der Waals surface area contributed by atoms with Crippen LogP contribution in [0.3, 0.4) is 0 Å². The SMILES string of the molecule is Cl.O=C(CCC(=O)N1CCC(c2ccccc2)=N1)N1CCNCC1. The van der Waals surface area contributed by atoms with E-state index in [1.165, 1.54) is 5.01 Å². The number of benzene rings is 1. The molecule has 0 radical (unpaired) electrons. The molecule has 2 aliphatic rings.